The Balaban J connectivity index is 1.38. The fourth-order valence-corrected chi connectivity index (χ4v) is 5.28. The maximum absolute atomic E-state index is 12.3. The molecule has 150 valence electrons. The van der Waals surface area contributed by atoms with E-state index < -0.39 is 0 Å². The van der Waals surface area contributed by atoms with E-state index in [0.717, 1.165) is 29.8 Å². The van der Waals surface area contributed by atoms with Crippen LogP contribution in [0.25, 0.3) is 0 Å². The first-order valence-electron chi connectivity index (χ1n) is 9.81. The molecule has 28 heavy (non-hydrogen) atoms. The first-order chi connectivity index (χ1) is 13.5. The van der Waals surface area contributed by atoms with E-state index >= 15 is 0 Å². The number of aryl methyl sites for hydroxylation is 3. The van der Waals surface area contributed by atoms with Crippen LogP contribution in [0.1, 0.15) is 48.7 Å². The number of carbonyl (C=O) groups is 2. The van der Waals surface area contributed by atoms with Crippen LogP contribution in [-0.2, 0) is 28.9 Å². The number of hydrogen-bond acceptors (Lipinski definition) is 5. The monoisotopic (exact) mass is 417 g/mol. The van der Waals surface area contributed by atoms with E-state index in [9.17, 15) is 9.59 Å². The van der Waals surface area contributed by atoms with E-state index in [0.29, 0.717) is 6.54 Å². The van der Waals surface area contributed by atoms with Crippen LogP contribution in [0.2, 0.25) is 0 Å². The third-order valence-electron chi connectivity index (χ3n) is 4.61. The van der Waals surface area contributed by atoms with Crippen LogP contribution in [0.4, 0.5) is 5.69 Å². The van der Waals surface area contributed by atoms with Crippen molar-refractivity contribution in [1.29, 1.82) is 0 Å². The fraction of sp³-hybridized carbons (Fsp3) is 0.476. The number of rotatable bonds is 8. The van der Waals surface area contributed by atoms with Crippen LogP contribution in [0.15, 0.2) is 29.2 Å². The Morgan fingerprint density at radius 2 is 1.96 bits per heavy atom. The van der Waals surface area contributed by atoms with Gasteiger partial charge in [-0.25, -0.2) is 4.98 Å². The second-order valence-electron chi connectivity index (χ2n) is 7.04. The molecule has 1 unspecified atom stereocenters. The number of amides is 2. The summed E-state index contributed by atoms with van der Waals surface area (Å²) >= 11 is 3.37. The summed E-state index contributed by atoms with van der Waals surface area (Å²) in [7, 11) is 0. The lowest BCUT2D eigenvalue weighted by Gasteiger charge is -2.12. The number of thiazole rings is 1. The number of thioether (sulfide) groups is 1. The molecule has 2 amide bonds. The third kappa shape index (κ3) is 6.07. The highest BCUT2D eigenvalue weighted by Crippen LogP contribution is 2.27. The van der Waals surface area contributed by atoms with Gasteiger partial charge in [-0.1, -0.05) is 0 Å². The minimum Gasteiger partial charge on any atom is -0.355 e. The maximum atomic E-state index is 12.3. The Morgan fingerprint density at radius 3 is 2.68 bits per heavy atom. The van der Waals surface area contributed by atoms with Crippen molar-refractivity contribution in [2.24, 2.45) is 0 Å². The third-order valence-corrected chi connectivity index (χ3v) is 6.94. The molecule has 0 fully saturated rings. The van der Waals surface area contributed by atoms with Gasteiger partial charge in [0.25, 0.3) is 0 Å². The molecule has 1 atom stereocenters. The van der Waals surface area contributed by atoms with Crippen molar-refractivity contribution in [3.63, 3.8) is 0 Å². The number of nitrogens with zero attached hydrogens (tertiary/aromatic N) is 1. The molecule has 2 N–H and O–H groups in total. The molecular weight excluding hydrogens is 390 g/mol. The molecule has 1 aliphatic rings. The standard InChI is InChI=1S/C21H27N3O2S2/c1-14(27-17-11-9-16(10-12-17)23-15(2)25)21(26)22-13-5-8-20-24-18-6-3-4-7-19(18)28-20/h9-12,14H,3-8,13H2,1-2H3,(H,22,26)(H,23,25). The number of fused-ring (bicyclic) bond motifs is 1. The first kappa shape index (κ1) is 20.9. The van der Waals surface area contributed by atoms with Crippen molar-refractivity contribution in [1.82, 2.24) is 10.3 Å². The summed E-state index contributed by atoms with van der Waals surface area (Å²) in [5.74, 6) is -0.0413. The van der Waals surface area contributed by atoms with Gasteiger partial charge in [0.1, 0.15) is 0 Å². The van der Waals surface area contributed by atoms with Gasteiger partial charge in [0.2, 0.25) is 11.8 Å². The number of aromatic nitrogens is 1. The van der Waals surface area contributed by atoms with Crippen LogP contribution in [-0.4, -0.2) is 28.6 Å². The van der Waals surface area contributed by atoms with Gasteiger partial charge in [-0.2, -0.15) is 0 Å². The Bertz CT molecular complexity index is 794. The highest BCUT2D eigenvalue weighted by molar-refractivity contribution is 8.00. The number of anilines is 1. The maximum Gasteiger partial charge on any atom is 0.233 e. The number of nitrogens with one attached hydrogen (secondary N) is 2. The molecule has 2 aromatic rings. The molecule has 0 spiro atoms. The molecule has 0 radical (unpaired) electrons. The molecule has 0 bridgehead atoms. The summed E-state index contributed by atoms with van der Waals surface area (Å²) in [5, 5.41) is 6.82. The lowest BCUT2D eigenvalue weighted by atomic mass is 10.0. The average Bonchev–Trinajstić information content (AvgIpc) is 3.09. The van der Waals surface area contributed by atoms with Crippen molar-refractivity contribution in [3.8, 4) is 0 Å². The van der Waals surface area contributed by atoms with E-state index in [4.69, 9.17) is 4.98 Å². The van der Waals surface area contributed by atoms with Crippen LogP contribution < -0.4 is 10.6 Å². The fourth-order valence-electron chi connectivity index (χ4n) is 3.19. The van der Waals surface area contributed by atoms with Crippen molar-refractivity contribution < 1.29 is 9.59 Å². The SMILES string of the molecule is CC(=O)Nc1ccc(SC(C)C(=O)NCCCc2nc3c(s2)CCCC3)cc1. The van der Waals surface area contributed by atoms with Gasteiger partial charge in [0.05, 0.1) is 16.0 Å². The second kappa shape index (κ2) is 10.1. The van der Waals surface area contributed by atoms with E-state index in [1.165, 1.54) is 53.5 Å². The smallest absolute Gasteiger partial charge is 0.233 e. The lowest BCUT2D eigenvalue weighted by Crippen LogP contribution is -2.31. The summed E-state index contributed by atoms with van der Waals surface area (Å²) in [6, 6.07) is 7.54. The van der Waals surface area contributed by atoms with E-state index in [-0.39, 0.29) is 17.1 Å². The molecule has 1 aliphatic carbocycles. The molecule has 5 nitrogen and oxygen atoms in total. The van der Waals surface area contributed by atoms with Crippen LogP contribution in [0.5, 0.6) is 0 Å². The van der Waals surface area contributed by atoms with E-state index in [1.807, 2.05) is 42.5 Å². The number of carbonyl (C=O) groups excluding carboxylic acids is 2. The van der Waals surface area contributed by atoms with Crippen molar-refractivity contribution in [2.75, 3.05) is 11.9 Å². The normalized spacial score (nSPS) is 14.2. The largest absolute Gasteiger partial charge is 0.355 e. The van der Waals surface area contributed by atoms with E-state index in [2.05, 4.69) is 10.6 Å². The van der Waals surface area contributed by atoms with Crippen LogP contribution >= 0.6 is 23.1 Å². The predicted octanol–water partition coefficient (Wildman–Crippen LogP) is 4.21. The number of benzene rings is 1. The topological polar surface area (TPSA) is 71.1 Å². The van der Waals surface area contributed by atoms with Gasteiger partial charge in [-0.3, -0.25) is 9.59 Å². The van der Waals surface area contributed by atoms with Crippen molar-refractivity contribution in [3.05, 3.63) is 39.8 Å². The Morgan fingerprint density at radius 1 is 1.21 bits per heavy atom. The molecule has 3 rings (SSSR count). The van der Waals surface area contributed by atoms with Crippen molar-refractivity contribution in [2.45, 2.75) is 62.5 Å². The van der Waals surface area contributed by atoms with Gasteiger partial charge in [-0.15, -0.1) is 23.1 Å². The highest BCUT2D eigenvalue weighted by Gasteiger charge is 2.16. The zero-order valence-electron chi connectivity index (χ0n) is 16.4. The zero-order valence-corrected chi connectivity index (χ0v) is 18.0. The molecule has 0 saturated heterocycles. The summed E-state index contributed by atoms with van der Waals surface area (Å²) in [4.78, 5) is 30.6. The molecule has 0 aliphatic heterocycles. The van der Waals surface area contributed by atoms with Crippen molar-refractivity contribution >= 4 is 40.6 Å². The van der Waals surface area contributed by atoms with Gasteiger partial charge in [0.15, 0.2) is 0 Å². The van der Waals surface area contributed by atoms with Gasteiger partial charge < -0.3 is 10.6 Å². The summed E-state index contributed by atoms with van der Waals surface area (Å²) in [6.07, 6.45) is 6.71. The Kier molecular flexibility index (Phi) is 7.50. The molecular formula is C21H27N3O2S2. The average molecular weight is 418 g/mol. The van der Waals surface area contributed by atoms with Gasteiger partial charge in [0, 0.05) is 35.3 Å². The molecule has 1 aromatic carbocycles. The quantitative estimate of drug-likeness (QED) is 0.499. The first-order valence-corrected chi connectivity index (χ1v) is 11.5. The lowest BCUT2D eigenvalue weighted by molar-refractivity contribution is -0.120. The Labute approximate surface area is 174 Å². The summed E-state index contributed by atoms with van der Waals surface area (Å²) in [5.41, 5.74) is 2.07. The van der Waals surface area contributed by atoms with E-state index in [1.54, 1.807) is 0 Å². The molecule has 1 heterocycles. The summed E-state index contributed by atoms with van der Waals surface area (Å²) < 4.78 is 0. The predicted molar refractivity (Wildman–Crippen MR) is 116 cm³/mol. The van der Waals surface area contributed by atoms with Crippen LogP contribution in [0.3, 0.4) is 0 Å². The minimum atomic E-state index is -0.168. The van der Waals surface area contributed by atoms with Gasteiger partial charge >= 0.3 is 0 Å². The number of hydrogen-bond donors (Lipinski definition) is 2. The molecule has 7 heteroatoms. The minimum absolute atomic E-state index is 0.0503. The Hall–Kier alpha value is -1.86. The second-order valence-corrected chi connectivity index (χ2v) is 9.63. The summed E-state index contributed by atoms with van der Waals surface area (Å²) in [6.45, 7) is 4.07. The van der Waals surface area contributed by atoms with Crippen LogP contribution in [0, 0.1) is 0 Å². The molecule has 1 aromatic heterocycles. The van der Waals surface area contributed by atoms with Gasteiger partial charge in [-0.05, 0) is 63.3 Å². The zero-order chi connectivity index (χ0) is 19.9. The molecule has 0 saturated carbocycles. The highest BCUT2D eigenvalue weighted by atomic mass is 32.2.